The van der Waals surface area contributed by atoms with Crippen molar-refractivity contribution in [3.63, 3.8) is 0 Å². The van der Waals surface area contributed by atoms with Crippen LogP contribution in [-0.4, -0.2) is 0 Å². The number of allylic oxidation sites excluding steroid dienone is 2. The van der Waals surface area contributed by atoms with Crippen LogP contribution in [0.2, 0.25) is 5.02 Å². The van der Waals surface area contributed by atoms with E-state index in [9.17, 15) is 0 Å². The average molecular weight is 207 g/mol. The Bertz CT molecular complexity index is 311. The van der Waals surface area contributed by atoms with Crippen LogP contribution in [0.15, 0.2) is 36.4 Å². The summed E-state index contributed by atoms with van der Waals surface area (Å²) >= 11 is 5.84. The molecule has 0 fully saturated rings. The van der Waals surface area contributed by atoms with Gasteiger partial charge in [0.15, 0.2) is 0 Å². The third kappa shape index (κ3) is 2.62. The minimum atomic E-state index is 0.741. The van der Waals surface area contributed by atoms with Gasteiger partial charge in [0.05, 0.1) is 0 Å². The molecule has 1 heteroatoms. The lowest BCUT2D eigenvalue weighted by atomic mass is 9.90. The van der Waals surface area contributed by atoms with Crippen molar-refractivity contribution in [1.29, 1.82) is 0 Å². The largest absolute Gasteiger partial charge is 0.0882 e. The molecule has 0 amide bonds. The molecule has 74 valence electrons. The van der Waals surface area contributed by atoms with E-state index in [1.807, 2.05) is 12.1 Å². The smallest absolute Gasteiger partial charge is 0.0406 e. The first kappa shape index (κ1) is 9.79. The molecular weight excluding hydrogens is 192 g/mol. The molecule has 14 heavy (non-hydrogen) atoms. The van der Waals surface area contributed by atoms with Gasteiger partial charge in [0.25, 0.3) is 0 Å². The molecular formula is C13H15Cl. The van der Waals surface area contributed by atoms with Gasteiger partial charge in [0.2, 0.25) is 0 Å². The summed E-state index contributed by atoms with van der Waals surface area (Å²) in [7, 11) is 0. The fourth-order valence-corrected chi connectivity index (χ4v) is 2.10. The van der Waals surface area contributed by atoms with Gasteiger partial charge in [-0.05, 0) is 49.3 Å². The van der Waals surface area contributed by atoms with Crippen molar-refractivity contribution in [2.75, 3.05) is 0 Å². The van der Waals surface area contributed by atoms with Gasteiger partial charge in [0.1, 0.15) is 0 Å². The van der Waals surface area contributed by atoms with Gasteiger partial charge >= 0.3 is 0 Å². The Morgan fingerprint density at radius 2 is 2.00 bits per heavy atom. The van der Waals surface area contributed by atoms with Crippen LogP contribution in [0.1, 0.15) is 24.8 Å². The van der Waals surface area contributed by atoms with E-state index in [0.29, 0.717) is 0 Å². The number of halogens is 1. The summed E-state index contributed by atoms with van der Waals surface area (Å²) in [6.45, 7) is 0. The van der Waals surface area contributed by atoms with Gasteiger partial charge in [-0.2, -0.15) is 0 Å². The van der Waals surface area contributed by atoms with Crippen LogP contribution in [0.5, 0.6) is 0 Å². The summed E-state index contributed by atoms with van der Waals surface area (Å²) in [5, 5.41) is 0.827. The molecule has 0 saturated heterocycles. The summed E-state index contributed by atoms with van der Waals surface area (Å²) in [6, 6.07) is 8.21. The van der Waals surface area contributed by atoms with Gasteiger partial charge in [-0.15, -0.1) is 0 Å². The van der Waals surface area contributed by atoms with Crippen LogP contribution in [0.25, 0.3) is 0 Å². The van der Waals surface area contributed by atoms with E-state index >= 15 is 0 Å². The molecule has 1 aromatic carbocycles. The van der Waals surface area contributed by atoms with E-state index < -0.39 is 0 Å². The Morgan fingerprint density at radius 3 is 2.64 bits per heavy atom. The molecule has 0 radical (unpaired) electrons. The number of hydrogen-bond donors (Lipinski definition) is 0. The fourth-order valence-electron chi connectivity index (χ4n) is 1.98. The number of rotatable bonds is 2. The predicted molar refractivity (Wildman–Crippen MR) is 61.6 cm³/mol. The van der Waals surface area contributed by atoms with Gasteiger partial charge in [-0.3, -0.25) is 0 Å². The van der Waals surface area contributed by atoms with E-state index in [2.05, 4.69) is 24.3 Å². The maximum absolute atomic E-state index is 5.84. The van der Waals surface area contributed by atoms with Crippen molar-refractivity contribution < 1.29 is 0 Å². The molecule has 0 heterocycles. The van der Waals surface area contributed by atoms with Gasteiger partial charge in [0, 0.05) is 5.02 Å². The monoisotopic (exact) mass is 206 g/mol. The van der Waals surface area contributed by atoms with Gasteiger partial charge in [-0.25, -0.2) is 0 Å². The van der Waals surface area contributed by atoms with Gasteiger partial charge < -0.3 is 0 Å². The summed E-state index contributed by atoms with van der Waals surface area (Å²) in [4.78, 5) is 0. The fraction of sp³-hybridized carbons (Fsp3) is 0.385. The van der Waals surface area contributed by atoms with E-state index in [0.717, 1.165) is 17.4 Å². The van der Waals surface area contributed by atoms with E-state index in [-0.39, 0.29) is 0 Å². The molecule has 0 aliphatic heterocycles. The summed E-state index contributed by atoms with van der Waals surface area (Å²) in [6.07, 6.45) is 9.76. The Balaban J connectivity index is 1.99. The van der Waals surface area contributed by atoms with Crippen LogP contribution in [-0.2, 0) is 6.42 Å². The third-order valence-electron chi connectivity index (χ3n) is 2.77. The summed E-state index contributed by atoms with van der Waals surface area (Å²) < 4.78 is 0. The Hall–Kier alpha value is -0.750. The zero-order valence-electron chi connectivity index (χ0n) is 8.25. The van der Waals surface area contributed by atoms with Gasteiger partial charge in [-0.1, -0.05) is 35.9 Å². The first-order valence-electron chi connectivity index (χ1n) is 5.26. The SMILES string of the molecule is Clc1ccc(CC2C=CCCC2)cc1. The zero-order chi connectivity index (χ0) is 9.80. The van der Waals surface area contributed by atoms with Crippen LogP contribution in [0.3, 0.4) is 0 Å². The quantitative estimate of drug-likeness (QED) is 0.635. The maximum atomic E-state index is 5.84. The highest BCUT2D eigenvalue weighted by Gasteiger charge is 2.08. The summed E-state index contributed by atoms with van der Waals surface area (Å²) in [5.74, 6) is 0.741. The lowest BCUT2D eigenvalue weighted by Crippen LogP contribution is -2.04. The average Bonchev–Trinajstić information content (AvgIpc) is 2.23. The zero-order valence-corrected chi connectivity index (χ0v) is 9.00. The van der Waals surface area contributed by atoms with Crippen molar-refractivity contribution in [2.45, 2.75) is 25.7 Å². The molecule has 0 bridgehead atoms. The normalized spacial score (nSPS) is 21.1. The minimum absolute atomic E-state index is 0.741. The predicted octanol–water partition coefficient (Wildman–Crippen LogP) is 4.24. The van der Waals surface area contributed by atoms with Crippen LogP contribution in [0.4, 0.5) is 0 Å². The molecule has 1 aliphatic carbocycles. The topological polar surface area (TPSA) is 0 Å². The first-order chi connectivity index (χ1) is 6.84. The standard InChI is InChI=1S/C13H15Cl/c14-13-8-6-12(7-9-13)10-11-4-2-1-3-5-11/h2,4,6-9,11H,1,3,5,10H2. The number of benzene rings is 1. The van der Waals surface area contributed by atoms with Crippen molar-refractivity contribution in [3.8, 4) is 0 Å². The molecule has 0 saturated carbocycles. The maximum Gasteiger partial charge on any atom is 0.0406 e. The molecule has 1 atom stereocenters. The highest BCUT2D eigenvalue weighted by Crippen LogP contribution is 2.22. The molecule has 0 nitrogen and oxygen atoms in total. The molecule has 1 aromatic rings. The van der Waals surface area contributed by atoms with Crippen LogP contribution < -0.4 is 0 Å². The lowest BCUT2D eigenvalue weighted by Gasteiger charge is -2.15. The minimum Gasteiger partial charge on any atom is -0.0882 e. The third-order valence-corrected chi connectivity index (χ3v) is 3.02. The molecule has 0 spiro atoms. The van der Waals surface area contributed by atoms with Crippen LogP contribution >= 0.6 is 11.6 Å². The van der Waals surface area contributed by atoms with Crippen molar-refractivity contribution in [2.24, 2.45) is 5.92 Å². The second-order valence-corrected chi connectivity index (χ2v) is 4.39. The van der Waals surface area contributed by atoms with Crippen molar-refractivity contribution in [3.05, 3.63) is 47.0 Å². The lowest BCUT2D eigenvalue weighted by molar-refractivity contribution is 0.539. The summed E-state index contributed by atoms with van der Waals surface area (Å²) in [5.41, 5.74) is 1.39. The van der Waals surface area contributed by atoms with E-state index in [4.69, 9.17) is 11.6 Å². The highest BCUT2D eigenvalue weighted by atomic mass is 35.5. The number of hydrogen-bond acceptors (Lipinski definition) is 0. The highest BCUT2D eigenvalue weighted by molar-refractivity contribution is 6.30. The van der Waals surface area contributed by atoms with Crippen molar-refractivity contribution in [1.82, 2.24) is 0 Å². The van der Waals surface area contributed by atoms with E-state index in [1.54, 1.807) is 0 Å². The Kier molecular flexibility index (Phi) is 3.26. The second-order valence-electron chi connectivity index (χ2n) is 3.95. The molecule has 0 aromatic heterocycles. The second kappa shape index (κ2) is 4.65. The first-order valence-corrected chi connectivity index (χ1v) is 5.63. The van der Waals surface area contributed by atoms with E-state index in [1.165, 1.54) is 24.8 Å². The molecule has 0 N–H and O–H groups in total. The Labute approximate surface area is 90.6 Å². The van der Waals surface area contributed by atoms with Crippen LogP contribution in [0, 0.1) is 5.92 Å². The molecule has 2 rings (SSSR count). The Morgan fingerprint density at radius 1 is 1.21 bits per heavy atom. The van der Waals surface area contributed by atoms with Crippen molar-refractivity contribution >= 4 is 11.6 Å². The molecule has 1 unspecified atom stereocenters. The molecule has 1 aliphatic rings.